The number of rotatable bonds is 5. The van der Waals surface area contributed by atoms with Crippen molar-refractivity contribution < 1.29 is 23.4 Å². The lowest BCUT2D eigenvalue weighted by Crippen LogP contribution is -1.99. The van der Waals surface area contributed by atoms with E-state index in [9.17, 15) is 9.18 Å². The standard InChI is InChI=1S/C24H18ClFO4/c1-14-21(29-13-16-6-7-17(26)12-20(16)25)9-8-19-23(27)22(30-24(14)19)11-15-4-3-5-18(10-15)28-2/h3-12H,13H2,1-2H3/b22-11-. The lowest BCUT2D eigenvalue weighted by molar-refractivity contribution is 0.101. The minimum absolute atomic E-state index is 0.166. The molecule has 152 valence electrons. The molecule has 0 N–H and O–H groups in total. The van der Waals surface area contributed by atoms with Crippen molar-refractivity contribution in [1.29, 1.82) is 0 Å². The fraction of sp³-hybridized carbons (Fsp3) is 0.125. The van der Waals surface area contributed by atoms with Gasteiger partial charge in [0, 0.05) is 11.1 Å². The zero-order valence-corrected chi connectivity index (χ0v) is 17.1. The van der Waals surface area contributed by atoms with Crippen LogP contribution in [0, 0.1) is 12.7 Å². The van der Waals surface area contributed by atoms with Gasteiger partial charge in [0.05, 0.1) is 17.7 Å². The third-order valence-electron chi connectivity index (χ3n) is 4.83. The first-order valence-corrected chi connectivity index (χ1v) is 9.62. The molecule has 0 fully saturated rings. The van der Waals surface area contributed by atoms with Crippen LogP contribution in [0.1, 0.15) is 27.0 Å². The molecule has 3 aromatic rings. The number of hydrogen-bond acceptors (Lipinski definition) is 4. The van der Waals surface area contributed by atoms with Crippen LogP contribution in [0.4, 0.5) is 4.39 Å². The van der Waals surface area contributed by atoms with E-state index in [2.05, 4.69) is 0 Å². The van der Waals surface area contributed by atoms with Crippen LogP contribution in [-0.2, 0) is 6.61 Å². The summed E-state index contributed by atoms with van der Waals surface area (Å²) in [6, 6.07) is 14.9. The van der Waals surface area contributed by atoms with E-state index in [1.165, 1.54) is 12.1 Å². The molecule has 1 aliphatic rings. The predicted octanol–water partition coefficient (Wildman–Crippen LogP) is 5.99. The van der Waals surface area contributed by atoms with E-state index in [0.29, 0.717) is 39.0 Å². The second-order valence-corrected chi connectivity index (χ2v) is 7.21. The topological polar surface area (TPSA) is 44.8 Å². The fourth-order valence-corrected chi connectivity index (χ4v) is 3.42. The van der Waals surface area contributed by atoms with Crippen molar-refractivity contribution in [3.8, 4) is 17.2 Å². The van der Waals surface area contributed by atoms with Crippen molar-refractivity contribution in [2.75, 3.05) is 7.11 Å². The number of carbonyl (C=O) groups is 1. The number of hydrogen-bond donors (Lipinski definition) is 0. The number of allylic oxidation sites excluding steroid dienone is 1. The summed E-state index contributed by atoms with van der Waals surface area (Å²) in [5.74, 6) is 1.36. The second-order valence-electron chi connectivity index (χ2n) is 6.81. The number of ketones is 1. The molecule has 0 bridgehead atoms. The minimum atomic E-state index is -0.403. The van der Waals surface area contributed by atoms with Crippen LogP contribution in [0.15, 0.2) is 60.4 Å². The Labute approximate surface area is 178 Å². The molecule has 0 atom stereocenters. The Kier molecular flexibility index (Phi) is 5.46. The van der Waals surface area contributed by atoms with E-state index in [4.69, 9.17) is 25.8 Å². The Morgan fingerprint density at radius 1 is 1.13 bits per heavy atom. The van der Waals surface area contributed by atoms with E-state index >= 15 is 0 Å². The number of halogens is 2. The summed E-state index contributed by atoms with van der Waals surface area (Å²) < 4.78 is 30.2. The van der Waals surface area contributed by atoms with Gasteiger partial charge in [0.15, 0.2) is 5.76 Å². The molecule has 0 saturated carbocycles. The maximum atomic E-state index is 13.2. The molecule has 30 heavy (non-hydrogen) atoms. The first-order chi connectivity index (χ1) is 14.5. The van der Waals surface area contributed by atoms with E-state index in [1.54, 1.807) is 31.4 Å². The molecule has 0 saturated heterocycles. The number of ether oxygens (including phenoxy) is 3. The monoisotopic (exact) mass is 424 g/mol. The van der Waals surface area contributed by atoms with Gasteiger partial charge in [-0.2, -0.15) is 0 Å². The maximum Gasteiger partial charge on any atom is 0.231 e. The molecule has 0 amide bonds. The van der Waals surface area contributed by atoms with Crippen molar-refractivity contribution in [3.05, 3.63) is 93.5 Å². The van der Waals surface area contributed by atoms with Crippen LogP contribution in [0.5, 0.6) is 17.2 Å². The molecule has 0 spiro atoms. The molecule has 0 aliphatic carbocycles. The summed E-state index contributed by atoms with van der Waals surface area (Å²) in [7, 11) is 1.59. The maximum absolute atomic E-state index is 13.2. The zero-order valence-electron chi connectivity index (χ0n) is 16.4. The molecule has 6 heteroatoms. The van der Waals surface area contributed by atoms with E-state index in [1.807, 2.05) is 31.2 Å². The lowest BCUT2D eigenvalue weighted by Gasteiger charge is -2.12. The Morgan fingerprint density at radius 2 is 1.97 bits per heavy atom. The summed E-state index contributed by atoms with van der Waals surface area (Å²) in [6.07, 6.45) is 1.68. The van der Waals surface area contributed by atoms with Crippen molar-refractivity contribution in [2.45, 2.75) is 13.5 Å². The average molecular weight is 425 g/mol. The normalized spacial score (nSPS) is 13.9. The van der Waals surface area contributed by atoms with Gasteiger partial charge in [-0.15, -0.1) is 0 Å². The number of methoxy groups -OCH3 is 1. The molecular formula is C24H18ClFO4. The zero-order chi connectivity index (χ0) is 21.3. The summed E-state index contributed by atoms with van der Waals surface area (Å²) in [4.78, 5) is 12.8. The van der Waals surface area contributed by atoms with Crippen molar-refractivity contribution >= 4 is 23.5 Å². The molecule has 0 radical (unpaired) electrons. The molecular weight excluding hydrogens is 407 g/mol. The smallest absolute Gasteiger partial charge is 0.231 e. The molecule has 4 rings (SSSR count). The highest BCUT2D eigenvalue weighted by atomic mass is 35.5. The lowest BCUT2D eigenvalue weighted by atomic mass is 10.1. The third-order valence-corrected chi connectivity index (χ3v) is 5.18. The minimum Gasteiger partial charge on any atom is -0.497 e. The molecule has 0 unspecified atom stereocenters. The first kappa shape index (κ1) is 20.0. The summed E-state index contributed by atoms with van der Waals surface area (Å²) in [6.45, 7) is 1.99. The van der Waals surface area contributed by atoms with Crippen molar-refractivity contribution in [2.24, 2.45) is 0 Å². The Hall–Kier alpha value is -3.31. The Balaban J connectivity index is 1.57. The molecule has 1 aliphatic heterocycles. The highest BCUT2D eigenvalue weighted by molar-refractivity contribution is 6.31. The van der Waals surface area contributed by atoms with Gasteiger partial charge in [0.2, 0.25) is 5.78 Å². The van der Waals surface area contributed by atoms with Gasteiger partial charge in [0.1, 0.15) is 29.7 Å². The predicted molar refractivity (Wildman–Crippen MR) is 113 cm³/mol. The summed E-state index contributed by atoms with van der Waals surface area (Å²) in [5, 5.41) is 0.295. The summed E-state index contributed by atoms with van der Waals surface area (Å²) in [5.41, 5.74) is 2.64. The highest BCUT2D eigenvalue weighted by Crippen LogP contribution is 2.39. The van der Waals surface area contributed by atoms with Gasteiger partial charge in [-0.25, -0.2) is 4.39 Å². The fourth-order valence-electron chi connectivity index (χ4n) is 3.20. The van der Waals surface area contributed by atoms with Crippen LogP contribution in [0.3, 0.4) is 0 Å². The SMILES string of the molecule is COc1cccc(/C=C2\Oc3c(ccc(OCc4ccc(F)cc4Cl)c3C)C2=O)c1. The van der Waals surface area contributed by atoms with E-state index in [0.717, 1.165) is 5.56 Å². The van der Waals surface area contributed by atoms with Gasteiger partial charge < -0.3 is 14.2 Å². The van der Waals surface area contributed by atoms with Gasteiger partial charge in [-0.1, -0.05) is 29.8 Å². The van der Waals surface area contributed by atoms with E-state index in [-0.39, 0.29) is 18.1 Å². The van der Waals surface area contributed by atoms with E-state index < -0.39 is 5.82 Å². The van der Waals surface area contributed by atoms with Gasteiger partial charge in [-0.05, 0) is 55.0 Å². The van der Waals surface area contributed by atoms with Crippen LogP contribution in [-0.4, -0.2) is 12.9 Å². The van der Waals surface area contributed by atoms with Gasteiger partial charge in [-0.3, -0.25) is 4.79 Å². The number of Topliss-reactive ketones (excluding diaryl/α,β-unsaturated/α-hetero) is 1. The summed E-state index contributed by atoms with van der Waals surface area (Å²) >= 11 is 6.06. The van der Waals surface area contributed by atoms with Crippen LogP contribution in [0.25, 0.3) is 6.08 Å². The quantitative estimate of drug-likeness (QED) is 0.472. The number of carbonyl (C=O) groups excluding carboxylic acids is 1. The van der Waals surface area contributed by atoms with Crippen molar-refractivity contribution in [1.82, 2.24) is 0 Å². The largest absolute Gasteiger partial charge is 0.497 e. The van der Waals surface area contributed by atoms with Crippen LogP contribution in [0.2, 0.25) is 5.02 Å². The third kappa shape index (κ3) is 3.89. The molecule has 4 nitrogen and oxygen atoms in total. The molecule has 3 aromatic carbocycles. The average Bonchev–Trinajstić information content (AvgIpc) is 3.05. The first-order valence-electron chi connectivity index (χ1n) is 9.25. The Morgan fingerprint density at radius 3 is 2.73 bits per heavy atom. The van der Waals surface area contributed by atoms with Crippen molar-refractivity contribution in [3.63, 3.8) is 0 Å². The Bertz CT molecular complexity index is 1170. The highest BCUT2D eigenvalue weighted by Gasteiger charge is 2.30. The molecule has 1 heterocycles. The number of fused-ring (bicyclic) bond motifs is 1. The second kappa shape index (κ2) is 8.20. The van der Waals surface area contributed by atoms with Crippen LogP contribution >= 0.6 is 11.6 Å². The number of benzene rings is 3. The van der Waals surface area contributed by atoms with Gasteiger partial charge in [0.25, 0.3) is 0 Å². The van der Waals surface area contributed by atoms with Crippen LogP contribution < -0.4 is 14.2 Å². The molecule has 0 aromatic heterocycles. The van der Waals surface area contributed by atoms with Gasteiger partial charge >= 0.3 is 0 Å².